The molecule has 1 N–H and O–H groups in total. The van der Waals surface area contributed by atoms with E-state index in [0.29, 0.717) is 11.6 Å². The Kier molecular flexibility index (Phi) is 7.85. The van der Waals surface area contributed by atoms with E-state index in [4.69, 9.17) is 21.4 Å². The molecule has 37 heavy (non-hydrogen) atoms. The molecule has 0 radical (unpaired) electrons. The summed E-state index contributed by atoms with van der Waals surface area (Å²) in [5, 5.41) is 10.8. The number of aliphatic carboxylic acids is 1. The number of fused-ring (bicyclic) bond motifs is 2. The van der Waals surface area contributed by atoms with Crippen molar-refractivity contribution in [2.75, 3.05) is 11.4 Å². The number of nitrogens with zero attached hydrogens (tertiary/aromatic N) is 1. The van der Waals surface area contributed by atoms with Gasteiger partial charge in [-0.15, -0.1) is 11.8 Å². The van der Waals surface area contributed by atoms with Crippen molar-refractivity contribution >= 4 is 57.7 Å². The van der Waals surface area contributed by atoms with Crippen LogP contribution >= 0.6 is 23.4 Å². The maximum Gasteiger partial charge on any atom is 0.344 e. The Balaban J connectivity index is 1.86. The molecule has 0 saturated heterocycles. The van der Waals surface area contributed by atoms with Gasteiger partial charge < -0.3 is 14.7 Å². The fourth-order valence-corrected chi connectivity index (χ4v) is 6.18. The molecule has 4 rings (SSSR count). The van der Waals surface area contributed by atoms with Crippen molar-refractivity contribution in [1.82, 2.24) is 0 Å². The van der Waals surface area contributed by atoms with Gasteiger partial charge in [-0.1, -0.05) is 74.8 Å². The van der Waals surface area contributed by atoms with Crippen molar-refractivity contribution in [3.8, 4) is 0 Å². The minimum atomic E-state index is -1.30. The lowest BCUT2D eigenvalue weighted by atomic mass is 9.93. The van der Waals surface area contributed by atoms with Crippen molar-refractivity contribution < 1.29 is 24.2 Å². The van der Waals surface area contributed by atoms with E-state index in [1.807, 2.05) is 75.4 Å². The van der Waals surface area contributed by atoms with Crippen LogP contribution in [0.15, 0.2) is 60.7 Å². The zero-order valence-electron chi connectivity index (χ0n) is 21.2. The van der Waals surface area contributed by atoms with Gasteiger partial charge in [0.05, 0.1) is 16.9 Å². The van der Waals surface area contributed by atoms with Crippen LogP contribution in [0.5, 0.6) is 0 Å². The Morgan fingerprint density at radius 2 is 1.78 bits per heavy atom. The lowest BCUT2D eigenvalue weighted by Crippen LogP contribution is -2.43. The predicted molar refractivity (Wildman–Crippen MR) is 148 cm³/mol. The van der Waals surface area contributed by atoms with E-state index in [1.54, 1.807) is 11.0 Å². The van der Waals surface area contributed by atoms with Gasteiger partial charge >= 0.3 is 11.9 Å². The number of hydrogen-bond acceptors (Lipinski definition) is 5. The zero-order valence-corrected chi connectivity index (χ0v) is 22.8. The Bertz CT molecular complexity index is 1350. The average molecular weight is 540 g/mol. The number of anilines is 1. The van der Waals surface area contributed by atoms with Crippen molar-refractivity contribution in [2.45, 2.75) is 50.7 Å². The number of carbonyl (C=O) groups is 3. The van der Waals surface area contributed by atoms with Gasteiger partial charge in [-0.25, -0.2) is 4.79 Å². The Morgan fingerprint density at radius 1 is 1.08 bits per heavy atom. The van der Waals surface area contributed by atoms with E-state index >= 15 is 0 Å². The minimum absolute atomic E-state index is 0.217. The molecule has 0 aromatic heterocycles. The topological polar surface area (TPSA) is 83.9 Å². The summed E-state index contributed by atoms with van der Waals surface area (Å²) >= 11 is 7.86. The number of hydrogen-bond donors (Lipinski definition) is 1. The van der Waals surface area contributed by atoms with E-state index in [9.17, 15) is 14.4 Å². The first-order valence-electron chi connectivity index (χ1n) is 12.1. The molecule has 194 valence electrons. The molecular weight excluding hydrogens is 510 g/mol. The number of esters is 1. The summed E-state index contributed by atoms with van der Waals surface area (Å²) < 4.78 is 5.10. The average Bonchev–Trinajstić information content (AvgIpc) is 2.93. The second kappa shape index (κ2) is 10.8. The van der Waals surface area contributed by atoms with Crippen LogP contribution in [-0.4, -0.2) is 40.9 Å². The normalized spacial score (nSPS) is 18.7. The number of rotatable bonds is 6. The molecule has 6 nitrogen and oxygen atoms in total. The molecule has 3 aromatic carbocycles. The number of carboxylic acids is 1. The Morgan fingerprint density at radius 3 is 2.49 bits per heavy atom. The number of ether oxygens (including phenoxy) is 1. The van der Waals surface area contributed by atoms with Crippen LogP contribution in [0.1, 0.15) is 50.5 Å². The standard InChI is InChI=1S/C29H30ClNO5S/c1-17(28(34)35)36-25(32)15-24-27(33)31(16-29(2,3)4)23-13-12-19(30)14-22(23)26(37-24)21-11-7-9-18-8-5-6-10-20(18)21/h5-14,17,24,26H,15-16H2,1-4H3,(H,34,35)/t17-,24-,26-/m0/s1. The molecule has 8 heteroatoms. The van der Waals surface area contributed by atoms with E-state index in [2.05, 4.69) is 0 Å². The first-order chi connectivity index (χ1) is 17.4. The SMILES string of the molecule is C[C@H](OC(=O)C[C@@H]1S[C@@H](c2cccc3ccccc23)c2cc(Cl)ccc2N(CC(C)(C)C)C1=O)C(=O)O. The van der Waals surface area contributed by atoms with E-state index < -0.39 is 23.3 Å². The molecule has 3 atom stereocenters. The number of benzene rings is 3. The van der Waals surface area contributed by atoms with Crippen LogP contribution < -0.4 is 4.90 Å². The highest BCUT2D eigenvalue weighted by Crippen LogP contribution is 2.49. The molecule has 0 fully saturated rings. The molecule has 1 amide bonds. The molecule has 1 aliphatic heterocycles. The van der Waals surface area contributed by atoms with Crippen LogP contribution in [-0.2, 0) is 19.1 Å². The second-order valence-corrected chi connectivity index (χ2v) is 12.2. The fraction of sp³-hybridized carbons (Fsp3) is 0.345. The van der Waals surface area contributed by atoms with Crippen LogP contribution in [0.4, 0.5) is 5.69 Å². The first-order valence-corrected chi connectivity index (χ1v) is 13.4. The van der Waals surface area contributed by atoms with Gasteiger partial charge in [0.1, 0.15) is 0 Å². The van der Waals surface area contributed by atoms with Crippen LogP contribution in [0, 0.1) is 5.41 Å². The van der Waals surface area contributed by atoms with Gasteiger partial charge in [0.15, 0.2) is 6.10 Å². The largest absolute Gasteiger partial charge is 0.479 e. The first kappa shape index (κ1) is 27.0. The van der Waals surface area contributed by atoms with Gasteiger partial charge in [-0.05, 0) is 52.4 Å². The molecule has 0 saturated carbocycles. The van der Waals surface area contributed by atoms with Crippen molar-refractivity contribution in [1.29, 1.82) is 0 Å². The lowest BCUT2D eigenvalue weighted by molar-refractivity contribution is -0.162. The third kappa shape index (κ3) is 6.11. The van der Waals surface area contributed by atoms with Gasteiger partial charge in [-0.2, -0.15) is 0 Å². The van der Waals surface area contributed by atoms with Crippen LogP contribution in [0.2, 0.25) is 5.02 Å². The Hall–Kier alpha value is -3.03. The third-order valence-corrected chi connectivity index (χ3v) is 7.86. The smallest absolute Gasteiger partial charge is 0.344 e. The predicted octanol–water partition coefficient (Wildman–Crippen LogP) is 6.48. The summed E-state index contributed by atoms with van der Waals surface area (Å²) in [4.78, 5) is 39.7. The molecule has 3 aromatic rings. The summed E-state index contributed by atoms with van der Waals surface area (Å²) in [6.07, 6.45) is -1.54. The summed E-state index contributed by atoms with van der Waals surface area (Å²) in [7, 11) is 0. The molecule has 0 unspecified atom stereocenters. The number of halogens is 1. The highest BCUT2D eigenvalue weighted by Gasteiger charge is 2.39. The van der Waals surface area contributed by atoms with E-state index in [1.165, 1.54) is 18.7 Å². The third-order valence-electron chi connectivity index (χ3n) is 6.15. The van der Waals surface area contributed by atoms with Crippen LogP contribution in [0.3, 0.4) is 0 Å². The highest BCUT2D eigenvalue weighted by atomic mass is 35.5. The second-order valence-electron chi connectivity index (χ2n) is 10.4. The Labute approximate surface area is 225 Å². The molecular formula is C29H30ClNO5S. The summed E-state index contributed by atoms with van der Waals surface area (Å²) in [6, 6.07) is 19.6. The number of carboxylic acid groups (broad SMARTS) is 1. The van der Waals surface area contributed by atoms with Crippen molar-refractivity contribution in [2.24, 2.45) is 5.41 Å². The molecule has 1 heterocycles. The van der Waals surface area contributed by atoms with E-state index in [-0.39, 0.29) is 23.0 Å². The number of amides is 1. The van der Waals surface area contributed by atoms with E-state index in [0.717, 1.165) is 27.6 Å². The summed E-state index contributed by atoms with van der Waals surface area (Å²) in [6.45, 7) is 7.88. The highest BCUT2D eigenvalue weighted by molar-refractivity contribution is 8.01. The quantitative estimate of drug-likeness (QED) is 0.361. The van der Waals surface area contributed by atoms with Gasteiger partial charge in [0.25, 0.3) is 0 Å². The fourth-order valence-electron chi connectivity index (χ4n) is 4.51. The number of thioether (sulfide) groups is 1. The summed E-state index contributed by atoms with van der Waals surface area (Å²) in [5.41, 5.74) is 2.43. The lowest BCUT2D eigenvalue weighted by Gasteiger charge is -2.31. The van der Waals surface area contributed by atoms with Gasteiger partial charge in [0.2, 0.25) is 5.91 Å². The maximum atomic E-state index is 14.0. The van der Waals surface area contributed by atoms with Gasteiger partial charge in [0, 0.05) is 17.3 Å². The van der Waals surface area contributed by atoms with Crippen molar-refractivity contribution in [3.63, 3.8) is 0 Å². The molecule has 0 spiro atoms. The molecule has 1 aliphatic rings. The molecule has 0 aliphatic carbocycles. The van der Waals surface area contributed by atoms with Crippen molar-refractivity contribution in [3.05, 3.63) is 76.8 Å². The summed E-state index contributed by atoms with van der Waals surface area (Å²) in [5.74, 6) is -2.18. The van der Waals surface area contributed by atoms with Crippen LogP contribution in [0.25, 0.3) is 10.8 Å². The molecule has 0 bridgehead atoms. The minimum Gasteiger partial charge on any atom is -0.479 e. The monoisotopic (exact) mass is 539 g/mol. The number of carbonyl (C=O) groups excluding carboxylic acids is 2. The van der Waals surface area contributed by atoms with Gasteiger partial charge in [-0.3, -0.25) is 9.59 Å². The maximum absolute atomic E-state index is 14.0. The zero-order chi connectivity index (χ0) is 26.9.